The summed E-state index contributed by atoms with van der Waals surface area (Å²) in [5.41, 5.74) is -0.0256. The van der Waals surface area contributed by atoms with Gasteiger partial charge in [-0.15, -0.1) is 0 Å². The van der Waals surface area contributed by atoms with Crippen molar-refractivity contribution in [2.24, 2.45) is 0 Å². The quantitative estimate of drug-likeness (QED) is 0.384. The minimum atomic E-state index is -4.61. The van der Waals surface area contributed by atoms with Gasteiger partial charge in [0.05, 0.1) is 10.5 Å². The van der Waals surface area contributed by atoms with Crippen LogP contribution >= 0.6 is 0 Å². The number of nitrogens with one attached hydrogen (secondary N) is 2. The summed E-state index contributed by atoms with van der Waals surface area (Å²) >= 11 is 0. The summed E-state index contributed by atoms with van der Waals surface area (Å²) in [4.78, 5) is 29.6. The van der Waals surface area contributed by atoms with E-state index in [1.807, 2.05) is 0 Å². The average molecular weight is 530 g/mol. The molecule has 0 bridgehead atoms. The highest BCUT2D eigenvalue weighted by atomic mass is 32.2. The maximum Gasteiger partial charge on any atom is 0.416 e. The number of amides is 1. The van der Waals surface area contributed by atoms with E-state index < -0.39 is 33.0 Å². The zero-order chi connectivity index (χ0) is 27.0. The molecule has 0 radical (unpaired) electrons. The van der Waals surface area contributed by atoms with E-state index in [2.05, 4.69) is 10.3 Å². The van der Waals surface area contributed by atoms with Crippen LogP contribution in [0.1, 0.15) is 27.2 Å². The Bertz CT molecular complexity index is 1620. The number of rotatable bonds is 6. The van der Waals surface area contributed by atoms with Crippen LogP contribution in [0, 0.1) is 6.92 Å². The molecule has 0 atom stereocenters. The maximum absolute atomic E-state index is 13.4. The molecule has 2 N–H and O–H groups in total. The number of carbonyl (C=O) groups is 1. The molecule has 0 aliphatic heterocycles. The van der Waals surface area contributed by atoms with Crippen LogP contribution in [-0.4, -0.2) is 30.1 Å². The lowest BCUT2D eigenvalue weighted by Gasteiger charge is -2.17. The zero-order valence-corrected chi connectivity index (χ0v) is 20.6. The van der Waals surface area contributed by atoms with E-state index in [-0.39, 0.29) is 22.7 Å². The highest BCUT2D eigenvalue weighted by molar-refractivity contribution is 7.90. The van der Waals surface area contributed by atoms with E-state index in [4.69, 9.17) is 0 Å². The zero-order valence-electron chi connectivity index (χ0n) is 19.8. The Morgan fingerprint density at radius 1 is 1.03 bits per heavy atom. The van der Waals surface area contributed by atoms with E-state index in [1.54, 1.807) is 25.3 Å². The fourth-order valence-electron chi connectivity index (χ4n) is 3.90. The summed E-state index contributed by atoms with van der Waals surface area (Å²) in [7, 11) is -3.38. The molecular weight excluding hydrogens is 507 g/mol. The monoisotopic (exact) mass is 529 g/mol. The number of benzene rings is 2. The predicted octanol–water partition coefficient (Wildman–Crippen LogP) is 4.49. The molecule has 0 saturated carbocycles. The van der Waals surface area contributed by atoms with Crippen molar-refractivity contribution in [3.8, 4) is 16.9 Å². The Morgan fingerprint density at radius 2 is 1.73 bits per heavy atom. The fraction of sp³-hybridized carbons (Fsp3) is 0.154. The van der Waals surface area contributed by atoms with Gasteiger partial charge < -0.3 is 10.3 Å². The number of carbonyl (C=O) groups excluding carboxylic acids is 1. The maximum atomic E-state index is 13.4. The van der Waals surface area contributed by atoms with Crippen LogP contribution < -0.4 is 10.9 Å². The van der Waals surface area contributed by atoms with Crippen molar-refractivity contribution in [3.05, 3.63) is 106 Å². The standard InChI is InChI=1S/C26H22F3N3O4S/c1-16-21(23-7-4-12-30-23)14-22(24(33)31-15-17-8-10-20(11-9-17)37(2,35)36)25(34)32(16)19-6-3-5-18(13-19)26(27,28)29/h3-14,30H,15H2,1-2H3,(H,31,33). The minimum Gasteiger partial charge on any atom is -0.361 e. The largest absolute Gasteiger partial charge is 0.416 e. The van der Waals surface area contributed by atoms with Crippen molar-refractivity contribution in [3.63, 3.8) is 0 Å². The second kappa shape index (κ2) is 9.74. The van der Waals surface area contributed by atoms with Gasteiger partial charge in [-0.2, -0.15) is 13.2 Å². The van der Waals surface area contributed by atoms with Gasteiger partial charge in [-0.05, 0) is 61.0 Å². The van der Waals surface area contributed by atoms with Crippen LogP contribution in [-0.2, 0) is 22.6 Å². The van der Waals surface area contributed by atoms with Crippen LogP contribution in [0.4, 0.5) is 13.2 Å². The van der Waals surface area contributed by atoms with Crippen molar-refractivity contribution in [1.29, 1.82) is 0 Å². The molecule has 2 aromatic heterocycles. The first-order chi connectivity index (χ1) is 17.4. The molecule has 192 valence electrons. The first kappa shape index (κ1) is 26.0. The topological polar surface area (TPSA) is 101 Å². The van der Waals surface area contributed by atoms with Crippen molar-refractivity contribution in [1.82, 2.24) is 14.9 Å². The molecule has 2 aromatic carbocycles. The Hall–Kier alpha value is -4.12. The molecule has 1 amide bonds. The number of nitrogens with zero attached hydrogens (tertiary/aromatic N) is 1. The van der Waals surface area contributed by atoms with Gasteiger partial charge >= 0.3 is 6.18 Å². The van der Waals surface area contributed by atoms with Crippen LogP contribution in [0.5, 0.6) is 0 Å². The molecule has 0 fully saturated rings. The summed E-state index contributed by atoms with van der Waals surface area (Å²) in [6.45, 7) is 1.58. The van der Waals surface area contributed by atoms with E-state index in [0.29, 0.717) is 22.5 Å². The number of pyridine rings is 1. The first-order valence-electron chi connectivity index (χ1n) is 11.0. The molecule has 4 rings (SSSR count). The Kier molecular flexibility index (Phi) is 6.83. The molecule has 11 heteroatoms. The van der Waals surface area contributed by atoms with Crippen LogP contribution in [0.2, 0.25) is 0 Å². The number of hydrogen-bond acceptors (Lipinski definition) is 4. The molecule has 4 aromatic rings. The van der Waals surface area contributed by atoms with Gasteiger partial charge in [0.2, 0.25) is 0 Å². The van der Waals surface area contributed by atoms with Gasteiger partial charge in [0.15, 0.2) is 9.84 Å². The Morgan fingerprint density at radius 3 is 2.32 bits per heavy atom. The molecule has 0 spiro atoms. The molecule has 0 saturated heterocycles. The number of hydrogen-bond donors (Lipinski definition) is 2. The Balaban J connectivity index is 1.75. The summed E-state index contributed by atoms with van der Waals surface area (Å²) in [6, 6.07) is 15.1. The highest BCUT2D eigenvalue weighted by Crippen LogP contribution is 2.31. The molecule has 2 heterocycles. The average Bonchev–Trinajstić information content (AvgIpc) is 3.37. The SMILES string of the molecule is Cc1c(-c2ccc[nH]2)cc(C(=O)NCc2ccc(S(C)(=O)=O)cc2)c(=O)n1-c1cccc(C(F)(F)F)c1. The molecule has 37 heavy (non-hydrogen) atoms. The van der Waals surface area contributed by atoms with Crippen LogP contribution in [0.25, 0.3) is 16.9 Å². The number of aromatic nitrogens is 2. The second-order valence-electron chi connectivity index (χ2n) is 8.43. The number of aromatic amines is 1. The lowest BCUT2D eigenvalue weighted by Crippen LogP contribution is -2.33. The van der Waals surface area contributed by atoms with Crippen LogP contribution in [0.3, 0.4) is 0 Å². The number of sulfone groups is 1. The summed E-state index contributed by atoms with van der Waals surface area (Å²) < 4.78 is 64.4. The number of halogens is 3. The molecule has 0 aliphatic carbocycles. The van der Waals surface area contributed by atoms with E-state index in [1.165, 1.54) is 42.5 Å². The van der Waals surface area contributed by atoms with Gasteiger partial charge in [0, 0.05) is 41.6 Å². The van der Waals surface area contributed by atoms with Gasteiger partial charge in [0.1, 0.15) is 5.56 Å². The Labute approximate surface area is 210 Å². The van der Waals surface area contributed by atoms with E-state index >= 15 is 0 Å². The van der Waals surface area contributed by atoms with Crippen molar-refractivity contribution in [2.45, 2.75) is 24.5 Å². The molecule has 7 nitrogen and oxygen atoms in total. The molecule has 0 aliphatic rings. The third-order valence-electron chi connectivity index (χ3n) is 5.82. The third kappa shape index (κ3) is 5.51. The first-order valence-corrected chi connectivity index (χ1v) is 12.9. The minimum absolute atomic E-state index is 0.00240. The van der Waals surface area contributed by atoms with Gasteiger partial charge in [-0.25, -0.2) is 8.42 Å². The summed E-state index contributed by atoms with van der Waals surface area (Å²) in [6.07, 6.45) is -1.88. The highest BCUT2D eigenvalue weighted by Gasteiger charge is 2.31. The van der Waals surface area contributed by atoms with E-state index in [9.17, 15) is 31.2 Å². The summed E-state index contributed by atoms with van der Waals surface area (Å²) in [5.74, 6) is -0.731. The van der Waals surface area contributed by atoms with Crippen molar-refractivity contribution >= 4 is 15.7 Å². The summed E-state index contributed by atoms with van der Waals surface area (Å²) in [5, 5.41) is 2.63. The third-order valence-corrected chi connectivity index (χ3v) is 6.94. The lowest BCUT2D eigenvalue weighted by atomic mass is 10.1. The molecular formula is C26H22F3N3O4S. The second-order valence-corrected chi connectivity index (χ2v) is 10.4. The van der Waals surface area contributed by atoms with Gasteiger partial charge in [-0.1, -0.05) is 18.2 Å². The van der Waals surface area contributed by atoms with E-state index in [0.717, 1.165) is 23.0 Å². The van der Waals surface area contributed by atoms with Gasteiger partial charge in [-0.3, -0.25) is 14.2 Å². The lowest BCUT2D eigenvalue weighted by molar-refractivity contribution is -0.137. The predicted molar refractivity (Wildman–Crippen MR) is 132 cm³/mol. The molecule has 0 unspecified atom stereocenters. The van der Waals surface area contributed by atoms with Crippen molar-refractivity contribution < 1.29 is 26.4 Å². The normalized spacial score (nSPS) is 11.9. The smallest absolute Gasteiger partial charge is 0.361 e. The fourth-order valence-corrected chi connectivity index (χ4v) is 4.53. The van der Waals surface area contributed by atoms with Crippen molar-refractivity contribution in [2.75, 3.05) is 6.26 Å². The van der Waals surface area contributed by atoms with Gasteiger partial charge in [0.25, 0.3) is 11.5 Å². The van der Waals surface area contributed by atoms with Crippen LogP contribution in [0.15, 0.2) is 82.6 Å². The number of H-pyrrole nitrogens is 1. The number of alkyl halides is 3.